The summed E-state index contributed by atoms with van der Waals surface area (Å²) in [6, 6.07) is 13.3. The molecule has 0 N–H and O–H groups in total. The fourth-order valence-electron chi connectivity index (χ4n) is 2.28. The van der Waals surface area contributed by atoms with Crippen LogP contribution >= 0.6 is 11.8 Å². The minimum absolute atomic E-state index is 0.533. The van der Waals surface area contributed by atoms with Gasteiger partial charge in [-0.3, -0.25) is 0 Å². The van der Waals surface area contributed by atoms with Crippen LogP contribution in [-0.4, -0.2) is 26.9 Å². The van der Waals surface area contributed by atoms with Gasteiger partial charge in [0, 0.05) is 12.7 Å². The molecular formula is C17H15N5OS. The monoisotopic (exact) mass is 337 g/mol. The van der Waals surface area contributed by atoms with E-state index in [0.29, 0.717) is 5.56 Å². The molecule has 0 aliphatic carbocycles. The van der Waals surface area contributed by atoms with Crippen molar-refractivity contribution in [1.82, 2.24) is 19.7 Å². The van der Waals surface area contributed by atoms with Crippen LogP contribution in [0, 0.1) is 11.3 Å². The van der Waals surface area contributed by atoms with Crippen molar-refractivity contribution in [1.29, 1.82) is 5.26 Å². The molecule has 0 amide bonds. The molecule has 0 aliphatic rings. The van der Waals surface area contributed by atoms with E-state index in [1.807, 2.05) is 35.8 Å². The van der Waals surface area contributed by atoms with Crippen LogP contribution in [0.3, 0.4) is 0 Å². The van der Waals surface area contributed by atoms with Gasteiger partial charge < -0.3 is 9.30 Å². The summed E-state index contributed by atoms with van der Waals surface area (Å²) in [4.78, 5) is 4.27. The van der Waals surface area contributed by atoms with Gasteiger partial charge in [-0.1, -0.05) is 12.1 Å². The lowest BCUT2D eigenvalue weighted by atomic mass is 10.2. The predicted octanol–water partition coefficient (Wildman–Crippen LogP) is 3.39. The average Bonchev–Trinajstić information content (AvgIpc) is 3.04. The maximum atomic E-state index is 8.84. The van der Waals surface area contributed by atoms with Crippen LogP contribution < -0.4 is 4.74 Å². The summed E-state index contributed by atoms with van der Waals surface area (Å²) in [5, 5.41) is 19.0. The second-order valence-corrected chi connectivity index (χ2v) is 5.84. The molecule has 0 atom stereocenters. The first-order chi connectivity index (χ1) is 11.8. The van der Waals surface area contributed by atoms with Gasteiger partial charge in [0.1, 0.15) is 16.8 Å². The second-order valence-electron chi connectivity index (χ2n) is 4.85. The maximum Gasteiger partial charge on any atom is 0.197 e. The zero-order chi connectivity index (χ0) is 16.9. The number of hydrogen-bond donors (Lipinski definition) is 0. The van der Waals surface area contributed by atoms with E-state index in [1.54, 1.807) is 25.4 Å². The SMILES string of the molecule is CCn1c(Sc2ccc(C#N)cn2)nnc1-c1ccccc1OC. The zero-order valence-electron chi connectivity index (χ0n) is 13.3. The van der Waals surface area contributed by atoms with Crippen molar-refractivity contribution in [3.05, 3.63) is 48.2 Å². The maximum absolute atomic E-state index is 8.84. The molecule has 0 radical (unpaired) electrons. The van der Waals surface area contributed by atoms with E-state index < -0.39 is 0 Å². The Morgan fingerprint density at radius 2 is 2.04 bits per heavy atom. The van der Waals surface area contributed by atoms with E-state index in [9.17, 15) is 0 Å². The van der Waals surface area contributed by atoms with Crippen LogP contribution in [0.5, 0.6) is 5.75 Å². The molecule has 6 nitrogen and oxygen atoms in total. The molecular weight excluding hydrogens is 322 g/mol. The number of para-hydroxylation sites is 1. The normalized spacial score (nSPS) is 10.4. The Hall–Kier alpha value is -2.85. The van der Waals surface area contributed by atoms with E-state index in [1.165, 1.54) is 11.8 Å². The van der Waals surface area contributed by atoms with E-state index in [2.05, 4.69) is 21.3 Å². The van der Waals surface area contributed by atoms with Gasteiger partial charge in [0.05, 0.1) is 18.2 Å². The first-order valence-electron chi connectivity index (χ1n) is 7.37. The molecule has 3 aromatic rings. The minimum Gasteiger partial charge on any atom is -0.496 e. The number of nitriles is 1. The van der Waals surface area contributed by atoms with Crippen LogP contribution in [0.15, 0.2) is 52.8 Å². The molecule has 7 heteroatoms. The van der Waals surface area contributed by atoms with Crippen LogP contribution in [0.2, 0.25) is 0 Å². The summed E-state index contributed by atoms with van der Waals surface area (Å²) < 4.78 is 7.44. The van der Waals surface area contributed by atoms with Crippen LogP contribution in [-0.2, 0) is 6.54 Å². The molecule has 3 rings (SSSR count). The Balaban J connectivity index is 1.96. The van der Waals surface area contributed by atoms with Crippen molar-refractivity contribution in [2.45, 2.75) is 23.7 Å². The molecule has 24 heavy (non-hydrogen) atoms. The Labute approximate surface area is 144 Å². The summed E-state index contributed by atoms with van der Waals surface area (Å²) in [6.07, 6.45) is 1.55. The molecule has 0 spiro atoms. The first kappa shape index (κ1) is 16.0. The summed E-state index contributed by atoms with van der Waals surface area (Å²) in [7, 11) is 1.64. The number of nitrogens with zero attached hydrogens (tertiary/aromatic N) is 5. The van der Waals surface area contributed by atoms with E-state index in [4.69, 9.17) is 10.00 Å². The number of hydrogen-bond acceptors (Lipinski definition) is 6. The highest BCUT2D eigenvalue weighted by Gasteiger charge is 2.17. The lowest BCUT2D eigenvalue weighted by Crippen LogP contribution is -2.01. The van der Waals surface area contributed by atoms with Gasteiger partial charge in [-0.15, -0.1) is 10.2 Å². The highest BCUT2D eigenvalue weighted by atomic mass is 32.2. The Morgan fingerprint density at radius 3 is 2.71 bits per heavy atom. The van der Waals surface area contributed by atoms with Crippen molar-refractivity contribution in [3.63, 3.8) is 0 Å². The number of aromatic nitrogens is 4. The largest absolute Gasteiger partial charge is 0.496 e. The third-order valence-electron chi connectivity index (χ3n) is 3.44. The van der Waals surface area contributed by atoms with Gasteiger partial charge in [-0.2, -0.15) is 5.26 Å². The van der Waals surface area contributed by atoms with Gasteiger partial charge in [0.25, 0.3) is 0 Å². The van der Waals surface area contributed by atoms with Crippen molar-refractivity contribution in [2.24, 2.45) is 0 Å². The predicted molar refractivity (Wildman–Crippen MR) is 90.8 cm³/mol. The highest BCUT2D eigenvalue weighted by molar-refractivity contribution is 7.99. The number of ether oxygens (including phenoxy) is 1. The number of methoxy groups -OCH3 is 1. The number of benzene rings is 1. The quantitative estimate of drug-likeness (QED) is 0.710. The number of pyridine rings is 1. The molecule has 0 unspecified atom stereocenters. The van der Waals surface area contributed by atoms with Crippen molar-refractivity contribution >= 4 is 11.8 Å². The first-order valence-corrected chi connectivity index (χ1v) is 8.19. The highest BCUT2D eigenvalue weighted by Crippen LogP contribution is 2.32. The average molecular weight is 337 g/mol. The fourth-order valence-corrected chi connectivity index (χ4v) is 3.11. The van der Waals surface area contributed by atoms with Crippen LogP contribution in [0.25, 0.3) is 11.4 Å². The Bertz CT molecular complexity index is 883. The molecule has 1 aromatic carbocycles. The summed E-state index contributed by atoms with van der Waals surface area (Å²) in [5.74, 6) is 1.51. The lowest BCUT2D eigenvalue weighted by molar-refractivity contribution is 0.416. The molecule has 120 valence electrons. The zero-order valence-corrected chi connectivity index (χ0v) is 14.1. The molecule has 2 aromatic heterocycles. The molecule has 0 saturated carbocycles. The second kappa shape index (κ2) is 7.15. The van der Waals surface area contributed by atoms with Crippen molar-refractivity contribution in [3.8, 4) is 23.2 Å². The summed E-state index contributed by atoms with van der Waals surface area (Å²) in [5.41, 5.74) is 1.43. The lowest BCUT2D eigenvalue weighted by Gasteiger charge is -2.10. The van der Waals surface area contributed by atoms with Crippen LogP contribution in [0.1, 0.15) is 12.5 Å². The van der Waals surface area contributed by atoms with Gasteiger partial charge in [0.2, 0.25) is 0 Å². The van der Waals surface area contributed by atoms with Crippen LogP contribution in [0.4, 0.5) is 0 Å². The fraction of sp³-hybridized carbons (Fsp3) is 0.176. The van der Waals surface area contributed by atoms with Crippen molar-refractivity contribution < 1.29 is 4.74 Å². The molecule has 0 bridgehead atoms. The van der Waals surface area contributed by atoms with E-state index >= 15 is 0 Å². The Kier molecular flexibility index (Phi) is 4.77. The topological polar surface area (TPSA) is 76.6 Å². The smallest absolute Gasteiger partial charge is 0.197 e. The molecule has 2 heterocycles. The van der Waals surface area contributed by atoms with Gasteiger partial charge in [-0.05, 0) is 43.0 Å². The number of rotatable bonds is 5. The third kappa shape index (κ3) is 3.09. The molecule has 0 fully saturated rings. The Morgan fingerprint density at radius 1 is 1.21 bits per heavy atom. The van der Waals surface area contributed by atoms with Gasteiger partial charge in [0.15, 0.2) is 11.0 Å². The van der Waals surface area contributed by atoms with Gasteiger partial charge >= 0.3 is 0 Å². The van der Waals surface area contributed by atoms with Gasteiger partial charge in [-0.25, -0.2) is 4.98 Å². The molecule has 0 aliphatic heterocycles. The van der Waals surface area contributed by atoms with E-state index in [0.717, 1.165) is 33.9 Å². The summed E-state index contributed by atoms with van der Waals surface area (Å²) >= 11 is 1.41. The minimum atomic E-state index is 0.533. The standard InChI is InChI=1S/C17H15N5OS/c1-3-22-16(13-6-4-5-7-14(13)23-2)20-21-17(22)24-15-9-8-12(10-18)11-19-15/h4-9,11H,3H2,1-2H3. The van der Waals surface area contributed by atoms with Crippen molar-refractivity contribution in [2.75, 3.05) is 7.11 Å². The molecule has 0 saturated heterocycles. The van der Waals surface area contributed by atoms with E-state index in [-0.39, 0.29) is 0 Å². The third-order valence-corrected chi connectivity index (χ3v) is 4.38. The summed E-state index contributed by atoms with van der Waals surface area (Å²) in [6.45, 7) is 2.76.